The summed E-state index contributed by atoms with van der Waals surface area (Å²) in [7, 11) is -3.80. The van der Waals surface area contributed by atoms with Crippen molar-refractivity contribution in [2.45, 2.75) is 26.2 Å². The van der Waals surface area contributed by atoms with Crippen molar-refractivity contribution in [1.29, 1.82) is 0 Å². The molecule has 15 aromatic carbocycles. The molecule has 0 saturated carbocycles. The number of nitrogens with zero attached hydrogens (tertiary/aromatic N) is 6. The second kappa shape index (κ2) is 23.3. The number of benzene rings is 15. The van der Waals surface area contributed by atoms with Crippen molar-refractivity contribution in [1.82, 2.24) is 29.1 Å². The van der Waals surface area contributed by atoms with Crippen LogP contribution in [0.5, 0.6) is 0 Å². The van der Waals surface area contributed by atoms with Gasteiger partial charge < -0.3 is 13.6 Å². The monoisotopic (exact) mass is 1370 g/mol. The maximum Gasteiger partial charge on any atom is 0.164 e. The molecule has 0 radical (unpaired) electrons. The van der Waals surface area contributed by atoms with Gasteiger partial charge in [0.25, 0.3) is 0 Å². The third-order valence-electron chi connectivity index (χ3n) is 22.6. The lowest BCUT2D eigenvalue weighted by Gasteiger charge is -2.19. The number of hydrogen-bond acceptors (Lipinski definition) is 5. The van der Waals surface area contributed by atoms with Crippen LogP contribution < -0.4 is 20.7 Å². The predicted molar refractivity (Wildman–Crippen MR) is 444 cm³/mol. The molecular weight excluding hydrogens is 1310 g/mol. The van der Waals surface area contributed by atoms with Crippen LogP contribution in [0.25, 0.3) is 188 Å². The number of para-hydroxylation sites is 4. The molecule has 22 rings (SSSR count). The molecule has 20 aromatic rings. The topological polar surface area (TPSA) is 74.6 Å². The van der Waals surface area contributed by atoms with Gasteiger partial charge in [-0.1, -0.05) is 281 Å². The van der Waals surface area contributed by atoms with E-state index in [1.165, 1.54) is 75.6 Å². The lowest BCUT2D eigenvalue weighted by molar-refractivity contribution is 0.673. The zero-order valence-electron chi connectivity index (χ0n) is 58.3. The van der Waals surface area contributed by atoms with Crippen LogP contribution >= 0.6 is 0 Å². The first-order chi connectivity index (χ1) is 51.6. The van der Waals surface area contributed by atoms with Crippen molar-refractivity contribution >= 4 is 135 Å². The van der Waals surface area contributed by atoms with Gasteiger partial charge in [-0.3, -0.25) is 0 Å². The van der Waals surface area contributed by atoms with E-state index in [-0.39, 0.29) is 0 Å². The van der Waals surface area contributed by atoms with E-state index < -0.39 is 16.1 Å². The minimum atomic E-state index is -1.91. The Labute approximate surface area is 608 Å². The molecule has 0 aliphatic carbocycles. The van der Waals surface area contributed by atoms with E-state index in [2.05, 4.69) is 363 Å². The quantitative estimate of drug-likeness (QED) is 0.149. The van der Waals surface area contributed by atoms with Crippen LogP contribution in [0.4, 0.5) is 0 Å². The zero-order chi connectivity index (χ0) is 69.8. The Bertz CT molecular complexity index is 7020. The van der Waals surface area contributed by atoms with Crippen LogP contribution in [0.1, 0.15) is 0 Å². The van der Waals surface area contributed by atoms with Gasteiger partial charge in [-0.05, 0) is 127 Å². The average molecular weight is 1380 g/mol. The second-order valence-corrected chi connectivity index (χ2v) is 37.8. The maximum absolute atomic E-state index is 7.06. The number of aromatic nitrogens is 6. The molecule has 2 aliphatic rings. The summed E-state index contributed by atoms with van der Waals surface area (Å²) >= 11 is 0. The minimum absolute atomic E-state index is 0.672. The van der Waals surface area contributed by atoms with E-state index in [1.54, 1.807) is 0 Å². The standard InChI is InChI=1S/C50H35N3Si.C46H31N3OSi/c1-54(2)44-23-12-11-22-39(44)47-45(54)29-26-40-48(33-15-5-3-6-16-33)51-50(52-49(40)47)36-18-13-17-34(30-36)35-25-27-42-41(31-35)46-38-21-10-9-14-32(38)24-28-43(46)53(42)37-19-7-4-8-20-37;1-51(2)38-23-12-10-19-33(38)41-39(51)27-25-34-42(28-14-5-3-6-15-28)47-46(48-43(34)41)35-21-13-20-30-31-24-26-37-40(45(31)50-44(30)35)32-18-9-11-22-36(32)49(37)29-16-7-4-8-17-29/h3-31H,1-2H3;3-27H,1-2H3. The number of rotatable bonds is 7. The van der Waals surface area contributed by atoms with Crippen molar-refractivity contribution in [3.05, 3.63) is 328 Å². The molecular formula is C96H66N6OSi2. The molecule has 0 N–H and O–H groups in total. The molecule has 0 fully saturated rings. The van der Waals surface area contributed by atoms with Crippen LogP contribution in [-0.4, -0.2) is 45.2 Å². The summed E-state index contributed by atoms with van der Waals surface area (Å²) in [4.78, 5) is 21.7. The van der Waals surface area contributed by atoms with E-state index in [4.69, 9.17) is 24.4 Å². The Balaban J connectivity index is 0.000000135. The zero-order valence-corrected chi connectivity index (χ0v) is 60.3. The molecule has 494 valence electrons. The van der Waals surface area contributed by atoms with Crippen molar-refractivity contribution in [2.75, 3.05) is 0 Å². The summed E-state index contributed by atoms with van der Waals surface area (Å²) in [6.45, 7) is 9.83. The lowest BCUT2D eigenvalue weighted by atomic mass is 9.97. The first-order valence-electron chi connectivity index (χ1n) is 36.2. The van der Waals surface area contributed by atoms with Gasteiger partial charge >= 0.3 is 0 Å². The van der Waals surface area contributed by atoms with Crippen molar-refractivity contribution in [2.24, 2.45) is 0 Å². The number of hydrogen-bond donors (Lipinski definition) is 0. The summed E-state index contributed by atoms with van der Waals surface area (Å²) < 4.78 is 11.8. The Morgan fingerprint density at radius 2 is 0.714 bits per heavy atom. The molecule has 0 unspecified atom stereocenters. The van der Waals surface area contributed by atoms with Gasteiger partial charge in [-0.25, -0.2) is 19.9 Å². The van der Waals surface area contributed by atoms with Crippen LogP contribution in [0.3, 0.4) is 0 Å². The summed E-state index contributed by atoms with van der Waals surface area (Å²) in [5.74, 6) is 1.42. The van der Waals surface area contributed by atoms with E-state index in [0.29, 0.717) is 5.82 Å². The summed E-state index contributed by atoms with van der Waals surface area (Å²) in [6, 6.07) is 118. The molecule has 0 amide bonds. The molecule has 0 spiro atoms. The molecule has 0 bridgehead atoms. The SMILES string of the molecule is C[Si]1(C)c2ccccc2-c2c1ccc1c(-c3ccccc3)nc(-c3cccc(-c4ccc5c(c4)c4c6ccccc6ccc4n5-c4ccccc4)c3)nc21.C[Si]1(C)c2ccccc2-c2c1ccc1c(-c3ccccc3)nc(-c3cccc4c3oc3c4ccc4c3c3ccccc3n4-c3ccccc3)nc21. The Kier molecular flexibility index (Phi) is 13.5. The molecule has 0 atom stereocenters. The molecule has 9 heteroatoms. The van der Waals surface area contributed by atoms with E-state index >= 15 is 0 Å². The first kappa shape index (κ1) is 60.8. The lowest BCUT2D eigenvalue weighted by Crippen LogP contribution is -2.49. The molecule has 2 aliphatic heterocycles. The molecule has 105 heavy (non-hydrogen) atoms. The van der Waals surface area contributed by atoms with Crippen LogP contribution in [0.2, 0.25) is 26.2 Å². The van der Waals surface area contributed by atoms with Crippen molar-refractivity contribution in [3.63, 3.8) is 0 Å². The summed E-state index contributed by atoms with van der Waals surface area (Å²) in [5, 5.41) is 17.4. The fourth-order valence-corrected chi connectivity index (χ4v) is 23.8. The van der Waals surface area contributed by atoms with Gasteiger partial charge in [-0.2, -0.15) is 0 Å². The van der Waals surface area contributed by atoms with E-state index in [1.807, 2.05) is 0 Å². The van der Waals surface area contributed by atoms with E-state index in [9.17, 15) is 0 Å². The Morgan fingerprint density at radius 3 is 1.36 bits per heavy atom. The van der Waals surface area contributed by atoms with Crippen LogP contribution in [0, 0.1) is 0 Å². The Hall–Kier alpha value is -12.9. The fourth-order valence-electron chi connectivity index (χ4n) is 17.6. The van der Waals surface area contributed by atoms with Crippen LogP contribution in [0.15, 0.2) is 332 Å². The molecule has 0 saturated heterocycles. The highest BCUT2D eigenvalue weighted by Crippen LogP contribution is 2.46. The number of furan rings is 1. The summed E-state index contributed by atoms with van der Waals surface area (Å²) in [6.07, 6.45) is 0. The van der Waals surface area contributed by atoms with Gasteiger partial charge in [0.05, 0.1) is 55.4 Å². The smallest absolute Gasteiger partial charge is 0.164 e. The van der Waals surface area contributed by atoms with Crippen molar-refractivity contribution < 1.29 is 4.42 Å². The van der Waals surface area contributed by atoms with Crippen molar-refractivity contribution in [3.8, 4) is 90.0 Å². The Morgan fingerprint density at radius 1 is 0.267 bits per heavy atom. The highest BCUT2D eigenvalue weighted by molar-refractivity contribution is 7.04. The van der Waals surface area contributed by atoms with Gasteiger partial charge in [0.2, 0.25) is 0 Å². The molecule has 7 heterocycles. The third kappa shape index (κ3) is 9.21. The highest BCUT2D eigenvalue weighted by atomic mass is 28.3. The van der Waals surface area contributed by atoms with Gasteiger partial charge in [0.15, 0.2) is 11.6 Å². The normalized spacial score (nSPS) is 13.3. The van der Waals surface area contributed by atoms with Gasteiger partial charge in [-0.15, -0.1) is 0 Å². The largest absolute Gasteiger partial charge is 0.455 e. The highest BCUT2D eigenvalue weighted by Gasteiger charge is 2.41. The molecule has 5 aromatic heterocycles. The second-order valence-electron chi connectivity index (χ2n) is 29.1. The molecule has 7 nitrogen and oxygen atoms in total. The fraction of sp³-hybridized carbons (Fsp3) is 0.0417. The number of fused-ring (bicyclic) bond motifs is 22. The van der Waals surface area contributed by atoms with Gasteiger partial charge in [0.1, 0.15) is 27.3 Å². The predicted octanol–water partition coefficient (Wildman–Crippen LogP) is 22.4. The summed E-state index contributed by atoms with van der Waals surface area (Å²) in [5.41, 5.74) is 24.1. The maximum atomic E-state index is 7.06. The minimum Gasteiger partial charge on any atom is -0.455 e. The van der Waals surface area contributed by atoms with Gasteiger partial charge in [0, 0.05) is 76.9 Å². The first-order valence-corrected chi connectivity index (χ1v) is 42.2. The van der Waals surface area contributed by atoms with E-state index in [0.717, 1.165) is 128 Å². The third-order valence-corrected chi connectivity index (χ3v) is 29.7. The van der Waals surface area contributed by atoms with Crippen LogP contribution in [-0.2, 0) is 0 Å². The average Bonchev–Trinajstić information content (AvgIpc) is 1.59.